The summed E-state index contributed by atoms with van der Waals surface area (Å²) in [5.41, 5.74) is 0.955. The monoisotopic (exact) mass is 361 g/mol. The van der Waals surface area contributed by atoms with Crippen LogP contribution in [0.1, 0.15) is 23.2 Å². The summed E-state index contributed by atoms with van der Waals surface area (Å²) in [6.07, 6.45) is 2.11. The molecule has 0 spiro atoms. The molecule has 1 saturated heterocycles. The van der Waals surface area contributed by atoms with Gasteiger partial charge in [0.15, 0.2) is 0 Å². The average molecular weight is 362 g/mol. The number of hydrogen-bond donors (Lipinski definition) is 1. The zero-order chi connectivity index (χ0) is 17.6. The van der Waals surface area contributed by atoms with Gasteiger partial charge in [-0.1, -0.05) is 23.7 Å². The van der Waals surface area contributed by atoms with E-state index in [1.54, 1.807) is 36.4 Å². The zero-order valence-corrected chi connectivity index (χ0v) is 14.7. The third-order valence-corrected chi connectivity index (χ3v) is 4.23. The lowest BCUT2D eigenvalue weighted by atomic mass is 10.1. The van der Waals surface area contributed by atoms with Crippen molar-refractivity contribution in [1.29, 1.82) is 0 Å². The lowest BCUT2D eigenvalue weighted by molar-refractivity contribution is 0.0673. The van der Waals surface area contributed by atoms with Crippen molar-refractivity contribution in [2.75, 3.05) is 25.6 Å². The number of methoxy groups -OCH3 is 1. The Labute approximate surface area is 151 Å². The summed E-state index contributed by atoms with van der Waals surface area (Å²) in [6.45, 7) is 1.20. The van der Waals surface area contributed by atoms with Crippen LogP contribution in [0, 0.1) is 0 Å². The van der Waals surface area contributed by atoms with Gasteiger partial charge in [-0.3, -0.25) is 4.79 Å². The highest BCUT2D eigenvalue weighted by Crippen LogP contribution is 2.29. The van der Waals surface area contributed by atoms with E-state index < -0.39 is 0 Å². The molecule has 132 valence electrons. The van der Waals surface area contributed by atoms with Crippen molar-refractivity contribution >= 4 is 23.2 Å². The molecule has 0 aliphatic carbocycles. The van der Waals surface area contributed by atoms with Gasteiger partial charge < -0.3 is 19.5 Å². The number of nitrogens with one attached hydrogen (secondary N) is 1. The molecule has 0 bridgehead atoms. The highest BCUT2D eigenvalue weighted by molar-refractivity contribution is 6.31. The van der Waals surface area contributed by atoms with E-state index in [4.69, 9.17) is 25.8 Å². The van der Waals surface area contributed by atoms with Crippen LogP contribution in [-0.4, -0.2) is 32.3 Å². The van der Waals surface area contributed by atoms with Crippen LogP contribution in [0.2, 0.25) is 5.02 Å². The van der Waals surface area contributed by atoms with Crippen LogP contribution < -0.4 is 14.8 Å². The highest BCUT2D eigenvalue weighted by atomic mass is 35.5. The number of rotatable bonds is 6. The van der Waals surface area contributed by atoms with Crippen LogP contribution in [0.3, 0.4) is 0 Å². The van der Waals surface area contributed by atoms with Gasteiger partial charge >= 0.3 is 0 Å². The standard InChI is InChI=1S/C19H20ClNO4/c1-23-18-9-8-13(20)11-16(18)21-19(22)15-6-2-3-7-17(15)25-12-14-5-4-10-24-14/h2-3,6-9,11,14H,4-5,10,12H2,1H3,(H,21,22)/t14-/m0/s1. The smallest absolute Gasteiger partial charge is 0.259 e. The van der Waals surface area contributed by atoms with E-state index in [0.29, 0.717) is 34.4 Å². The minimum absolute atomic E-state index is 0.0872. The number of ether oxygens (including phenoxy) is 3. The van der Waals surface area contributed by atoms with Crippen LogP contribution >= 0.6 is 11.6 Å². The van der Waals surface area contributed by atoms with Gasteiger partial charge in [0.05, 0.1) is 24.5 Å². The fourth-order valence-corrected chi connectivity index (χ4v) is 2.88. The molecule has 1 heterocycles. The van der Waals surface area contributed by atoms with Crippen LogP contribution in [0.25, 0.3) is 0 Å². The van der Waals surface area contributed by atoms with Crippen LogP contribution in [-0.2, 0) is 4.74 Å². The maximum Gasteiger partial charge on any atom is 0.259 e. The summed E-state index contributed by atoms with van der Waals surface area (Å²) in [6, 6.07) is 12.2. The lowest BCUT2D eigenvalue weighted by Crippen LogP contribution is -2.19. The van der Waals surface area contributed by atoms with Crippen molar-refractivity contribution in [3.8, 4) is 11.5 Å². The van der Waals surface area contributed by atoms with Gasteiger partial charge in [-0.25, -0.2) is 0 Å². The Hall–Kier alpha value is -2.24. The van der Waals surface area contributed by atoms with Crippen molar-refractivity contribution in [3.63, 3.8) is 0 Å². The quantitative estimate of drug-likeness (QED) is 0.839. The fourth-order valence-electron chi connectivity index (χ4n) is 2.71. The number of halogens is 1. The summed E-state index contributed by atoms with van der Waals surface area (Å²) in [4.78, 5) is 12.7. The van der Waals surface area contributed by atoms with Gasteiger partial charge in [-0.15, -0.1) is 0 Å². The first-order chi connectivity index (χ1) is 12.2. The molecular weight excluding hydrogens is 342 g/mol. The number of hydrogen-bond acceptors (Lipinski definition) is 4. The second kappa shape index (κ2) is 8.23. The molecule has 1 fully saturated rings. The number of carbonyl (C=O) groups is 1. The first-order valence-electron chi connectivity index (χ1n) is 8.15. The van der Waals surface area contributed by atoms with Gasteiger partial charge in [0.2, 0.25) is 0 Å². The van der Waals surface area contributed by atoms with Gasteiger partial charge in [-0.05, 0) is 43.2 Å². The van der Waals surface area contributed by atoms with Crippen LogP contribution in [0.5, 0.6) is 11.5 Å². The van der Waals surface area contributed by atoms with E-state index in [1.807, 2.05) is 6.07 Å². The molecule has 0 radical (unpaired) electrons. The van der Waals surface area contributed by atoms with Crippen molar-refractivity contribution in [3.05, 3.63) is 53.1 Å². The zero-order valence-electron chi connectivity index (χ0n) is 14.0. The van der Waals surface area contributed by atoms with E-state index in [1.165, 1.54) is 7.11 Å². The molecule has 0 unspecified atom stereocenters. The van der Waals surface area contributed by atoms with E-state index >= 15 is 0 Å². The van der Waals surface area contributed by atoms with Crippen molar-refractivity contribution < 1.29 is 19.0 Å². The van der Waals surface area contributed by atoms with E-state index in [-0.39, 0.29) is 12.0 Å². The van der Waals surface area contributed by atoms with E-state index in [2.05, 4.69) is 5.32 Å². The number of amides is 1. The predicted octanol–water partition coefficient (Wildman–Crippen LogP) is 4.16. The molecule has 1 atom stereocenters. The molecule has 2 aromatic carbocycles. The van der Waals surface area contributed by atoms with Crippen molar-refractivity contribution in [1.82, 2.24) is 0 Å². The Morgan fingerprint density at radius 3 is 2.88 bits per heavy atom. The Morgan fingerprint density at radius 2 is 2.12 bits per heavy atom. The van der Waals surface area contributed by atoms with E-state index in [9.17, 15) is 4.79 Å². The molecule has 0 saturated carbocycles. The Balaban J connectivity index is 1.74. The minimum Gasteiger partial charge on any atom is -0.495 e. The van der Waals surface area contributed by atoms with Gasteiger partial charge in [0, 0.05) is 11.6 Å². The summed E-state index contributed by atoms with van der Waals surface area (Å²) >= 11 is 6.01. The number of benzene rings is 2. The molecule has 1 aliphatic rings. The number of carbonyl (C=O) groups excluding carboxylic acids is 1. The molecular formula is C19H20ClNO4. The Kier molecular flexibility index (Phi) is 5.79. The largest absolute Gasteiger partial charge is 0.495 e. The topological polar surface area (TPSA) is 56.8 Å². The Bertz CT molecular complexity index is 744. The third kappa shape index (κ3) is 4.44. The lowest BCUT2D eigenvalue weighted by Gasteiger charge is -2.15. The molecule has 1 aliphatic heterocycles. The maximum atomic E-state index is 12.7. The van der Waals surface area contributed by atoms with Crippen LogP contribution in [0.4, 0.5) is 5.69 Å². The second-order valence-corrected chi connectivity index (χ2v) is 6.18. The predicted molar refractivity (Wildman–Crippen MR) is 96.9 cm³/mol. The summed E-state index contributed by atoms with van der Waals surface area (Å²) < 4.78 is 16.6. The first-order valence-corrected chi connectivity index (χ1v) is 8.53. The minimum atomic E-state index is -0.288. The molecule has 1 N–H and O–H groups in total. The normalized spacial score (nSPS) is 16.5. The number of anilines is 1. The highest BCUT2D eigenvalue weighted by Gasteiger charge is 2.19. The summed E-state index contributed by atoms with van der Waals surface area (Å²) in [5, 5.41) is 3.34. The SMILES string of the molecule is COc1ccc(Cl)cc1NC(=O)c1ccccc1OC[C@@H]1CCCO1. The molecule has 1 amide bonds. The molecule has 5 nitrogen and oxygen atoms in total. The Morgan fingerprint density at radius 1 is 1.28 bits per heavy atom. The average Bonchev–Trinajstić information content (AvgIpc) is 3.14. The molecule has 2 aromatic rings. The van der Waals surface area contributed by atoms with Gasteiger partial charge in [-0.2, -0.15) is 0 Å². The van der Waals surface area contributed by atoms with Gasteiger partial charge in [0.25, 0.3) is 5.91 Å². The van der Waals surface area contributed by atoms with Gasteiger partial charge in [0.1, 0.15) is 18.1 Å². The number of para-hydroxylation sites is 1. The second-order valence-electron chi connectivity index (χ2n) is 5.74. The van der Waals surface area contributed by atoms with Crippen molar-refractivity contribution in [2.45, 2.75) is 18.9 Å². The molecule has 6 heteroatoms. The fraction of sp³-hybridized carbons (Fsp3) is 0.316. The maximum absolute atomic E-state index is 12.7. The molecule has 25 heavy (non-hydrogen) atoms. The third-order valence-electron chi connectivity index (χ3n) is 3.99. The molecule has 0 aromatic heterocycles. The van der Waals surface area contributed by atoms with Crippen LogP contribution in [0.15, 0.2) is 42.5 Å². The first kappa shape index (κ1) is 17.6. The summed E-state index contributed by atoms with van der Waals surface area (Å²) in [7, 11) is 1.54. The van der Waals surface area contributed by atoms with E-state index in [0.717, 1.165) is 19.4 Å². The molecule has 3 rings (SSSR count). The van der Waals surface area contributed by atoms with Crippen molar-refractivity contribution in [2.24, 2.45) is 0 Å². The summed E-state index contributed by atoms with van der Waals surface area (Å²) in [5.74, 6) is 0.774.